The van der Waals surface area contributed by atoms with Crippen molar-refractivity contribution in [2.45, 2.75) is 12.6 Å². The van der Waals surface area contributed by atoms with Crippen LogP contribution in [0.4, 0.5) is 13.2 Å². The first kappa shape index (κ1) is 12.8. The lowest BCUT2D eigenvalue weighted by Crippen LogP contribution is -2.04. The van der Waals surface area contributed by atoms with E-state index in [1.54, 1.807) is 0 Å². The van der Waals surface area contributed by atoms with Crippen LogP contribution in [0, 0.1) is 0 Å². The van der Waals surface area contributed by atoms with Gasteiger partial charge in [0.2, 0.25) is 0 Å². The molecule has 0 radical (unpaired) electrons. The van der Waals surface area contributed by atoms with E-state index in [2.05, 4.69) is 0 Å². The molecule has 1 nitrogen and oxygen atoms in total. The summed E-state index contributed by atoms with van der Waals surface area (Å²) in [5.74, 6) is 0. The number of allylic oxidation sites excluding steroid dienone is 1. The summed E-state index contributed by atoms with van der Waals surface area (Å²) in [6, 6.07) is 3.05. The highest BCUT2D eigenvalue weighted by molar-refractivity contribution is 6.32. The summed E-state index contributed by atoms with van der Waals surface area (Å²) in [6.45, 7) is 0. The van der Waals surface area contributed by atoms with Gasteiger partial charge >= 0.3 is 6.18 Å². The van der Waals surface area contributed by atoms with Crippen molar-refractivity contribution < 1.29 is 18.0 Å². The minimum Gasteiger partial charge on any atom is -0.303 e. The lowest BCUT2D eigenvalue weighted by molar-refractivity contribution is -0.137. The Balaban J connectivity index is 3.04. The van der Waals surface area contributed by atoms with E-state index in [4.69, 9.17) is 11.6 Å². The molecule has 0 aliphatic rings. The largest absolute Gasteiger partial charge is 0.416 e. The van der Waals surface area contributed by atoms with Crippen molar-refractivity contribution >= 4 is 24.0 Å². The summed E-state index contributed by atoms with van der Waals surface area (Å²) in [5.41, 5.74) is -0.513. The van der Waals surface area contributed by atoms with Crippen LogP contribution in [0.5, 0.6) is 0 Å². The highest BCUT2D eigenvalue weighted by Gasteiger charge is 2.30. The van der Waals surface area contributed by atoms with Gasteiger partial charge in [-0.25, -0.2) is 0 Å². The molecular weight excluding hydrogens is 241 g/mol. The molecule has 0 aliphatic heterocycles. The van der Waals surface area contributed by atoms with E-state index >= 15 is 0 Å². The van der Waals surface area contributed by atoms with E-state index in [1.165, 1.54) is 18.2 Å². The highest BCUT2D eigenvalue weighted by atomic mass is 35.5. The lowest BCUT2D eigenvalue weighted by Gasteiger charge is -2.08. The average Bonchev–Trinajstić information content (AvgIpc) is 2.19. The van der Waals surface area contributed by atoms with E-state index in [0.29, 0.717) is 6.29 Å². The fourth-order valence-corrected chi connectivity index (χ4v) is 1.28. The Morgan fingerprint density at radius 1 is 1.31 bits per heavy atom. The second kappa shape index (κ2) is 5.16. The highest BCUT2D eigenvalue weighted by Crippen LogP contribution is 2.32. The molecule has 16 heavy (non-hydrogen) atoms. The average molecular weight is 249 g/mol. The van der Waals surface area contributed by atoms with Crippen LogP contribution in [0.3, 0.4) is 0 Å². The monoisotopic (exact) mass is 248 g/mol. The van der Waals surface area contributed by atoms with Crippen molar-refractivity contribution in [1.29, 1.82) is 0 Å². The topological polar surface area (TPSA) is 17.1 Å². The van der Waals surface area contributed by atoms with Gasteiger partial charge in [0, 0.05) is 11.4 Å². The van der Waals surface area contributed by atoms with E-state index in [-0.39, 0.29) is 17.0 Å². The molecule has 0 amide bonds. The molecule has 1 aromatic rings. The molecule has 0 aliphatic carbocycles. The van der Waals surface area contributed by atoms with Crippen LogP contribution < -0.4 is 0 Å². The fraction of sp³-hybridized carbons (Fsp3) is 0.182. The molecule has 86 valence electrons. The SMILES string of the molecule is O=CCC=Cc1cc(C(F)(F)F)ccc1Cl. The molecule has 0 N–H and O–H groups in total. The minimum absolute atomic E-state index is 0.145. The molecule has 0 fully saturated rings. The molecule has 0 heterocycles. The third-order valence-electron chi connectivity index (χ3n) is 1.85. The van der Waals surface area contributed by atoms with Crippen molar-refractivity contribution in [2.75, 3.05) is 0 Å². The molecule has 0 atom stereocenters. The lowest BCUT2D eigenvalue weighted by atomic mass is 10.1. The Morgan fingerprint density at radius 3 is 2.56 bits per heavy atom. The Kier molecular flexibility index (Phi) is 4.12. The van der Waals surface area contributed by atoms with Gasteiger partial charge in [-0.15, -0.1) is 0 Å². The minimum atomic E-state index is -4.39. The van der Waals surface area contributed by atoms with E-state index < -0.39 is 11.7 Å². The Hall–Kier alpha value is -1.29. The molecule has 0 unspecified atom stereocenters. The third-order valence-corrected chi connectivity index (χ3v) is 2.20. The zero-order valence-electron chi connectivity index (χ0n) is 8.09. The van der Waals surface area contributed by atoms with E-state index in [0.717, 1.165) is 12.1 Å². The number of rotatable bonds is 3. The predicted octanol–water partition coefficient (Wildman–Crippen LogP) is 3.96. The van der Waals surface area contributed by atoms with Gasteiger partial charge in [-0.3, -0.25) is 0 Å². The number of hydrogen-bond donors (Lipinski definition) is 0. The summed E-state index contributed by atoms with van der Waals surface area (Å²) in [7, 11) is 0. The van der Waals surface area contributed by atoms with Gasteiger partial charge in [0.25, 0.3) is 0 Å². The first-order chi connectivity index (χ1) is 7.45. The number of alkyl halides is 3. The molecule has 1 aromatic carbocycles. The van der Waals surface area contributed by atoms with Gasteiger partial charge in [-0.1, -0.05) is 23.8 Å². The molecule has 0 bridgehead atoms. The van der Waals surface area contributed by atoms with E-state index in [1.807, 2.05) is 0 Å². The van der Waals surface area contributed by atoms with Gasteiger partial charge in [-0.05, 0) is 23.8 Å². The number of halogens is 4. The van der Waals surface area contributed by atoms with Crippen LogP contribution in [-0.2, 0) is 11.0 Å². The second-order valence-electron chi connectivity index (χ2n) is 3.04. The molecule has 0 spiro atoms. The molecule has 5 heteroatoms. The van der Waals surface area contributed by atoms with Gasteiger partial charge in [-0.2, -0.15) is 13.2 Å². The number of carbonyl (C=O) groups excluding carboxylic acids is 1. The summed E-state index contributed by atoms with van der Waals surface area (Å²) in [6.07, 6.45) is -0.747. The summed E-state index contributed by atoms with van der Waals surface area (Å²) in [5, 5.41) is 0.218. The summed E-state index contributed by atoms with van der Waals surface area (Å²) >= 11 is 5.72. The normalized spacial score (nSPS) is 12.0. The van der Waals surface area contributed by atoms with Gasteiger partial charge < -0.3 is 4.79 Å². The first-order valence-electron chi connectivity index (χ1n) is 4.42. The number of benzene rings is 1. The fourth-order valence-electron chi connectivity index (χ4n) is 1.10. The summed E-state index contributed by atoms with van der Waals surface area (Å²) < 4.78 is 37.1. The Labute approximate surface area is 95.5 Å². The molecular formula is C11H8ClF3O. The maximum Gasteiger partial charge on any atom is 0.416 e. The van der Waals surface area contributed by atoms with Gasteiger partial charge in [0.1, 0.15) is 6.29 Å². The quantitative estimate of drug-likeness (QED) is 0.740. The smallest absolute Gasteiger partial charge is 0.303 e. The maximum atomic E-state index is 12.4. The standard InChI is InChI=1S/C11H8ClF3O/c12-10-5-4-9(11(13,14)15)7-8(10)3-1-2-6-16/h1,3-7H,2H2. The summed E-state index contributed by atoms with van der Waals surface area (Å²) in [4.78, 5) is 10.0. The molecule has 0 saturated carbocycles. The Morgan fingerprint density at radius 2 is 2.00 bits per heavy atom. The molecule has 0 aromatic heterocycles. The van der Waals surface area contributed by atoms with Crippen LogP contribution in [0.15, 0.2) is 24.3 Å². The van der Waals surface area contributed by atoms with Crippen molar-refractivity contribution in [2.24, 2.45) is 0 Å². The number of hydrogen-bond acceptors (Lipinski definition) is 1. The Bertz CT molecular complexity index is 410. The van der Waals surface area contributed by atoms with Crippen LogP contribution in [-0.4, -0.2) is 6.29 Å². The van der Waals surface area contributed by atoms with Crippen LogP contribution in [0.25, 0.3) is 6.08 Å². The van der Waals surface area contributed by atoms with Gasteiger partial charge in [0.15, 0.2) is 0 Å². The van der Waals surface area contributed by atoms with Crippen molar-refractivity contribution in [3.63, 3.8) is 0 Å². The van der Waals surface area contributed by atoms with Crippen LogP contribution in [0.1, 0.15) is 17.5 Å². The van der Waals surface area contributed by atoms with Crippen LogP contribution >= 0.6 is 11.6 Å². The second-order valence-corrected chi connectivity index (χ2v) is 3.45. The van der Waals surface area contributed by atoms with Crippen molar-refractivity contribution in [3.05, 3.63) is 40.4 Å². The van der Waals surface area contributed by atoms with Gasteiger partial charge in [0.05, 0.1) is 5.56 Å². The first-order valence-corrected chi connectivity index (χ1v) is 4.80. The van der Waals surface area contributed by atoms with Crippen LogP contribution in [0.2, 0.25) is 5.02 Å². The number of carbonyl (C=O) groups is 1. The van der Waals surface area contributed by atoms with E-state index in [9.17, 15) is 18.0 Å². The maximum absolute atomic E-state index is 12.4. The predicted molar refractivity (Wildman–Crippen MR) is 56.2 cm³/mol. The number of aldehydes is 1. The van der Waals surface area contributed by atoms with Crippen molar-refractivity contribution in [1.82, 2.24) is 0 Å². The van der Waals surface area contributed by atoms with Crippen molar-refractivity contribution in [3.8, 4) is 0 Å². The molecule has 1 rings (SSSR count). The zero-order valence-corrected chi connectivity index (χ0v) is 8.85. The zero-order chi connectivity index (χ0) is 12.2. The third kappa shape index (κ3) is 3.38. The molecule has 0 saturated heterocycles.